The van der Waals surface area contributed by atoms with Gasteiger partial charge in [-0.3, -0.25) is 10.3 Å². The van der Waals surface area contributed by atoms with E-state index in [1.54, 1.807) is 0 Å². The summed E-state index contributed by atoms with van der Waals surface area (Å²) in [6.07, 6.45) is 5.08. The van der Waals surface area contributed by atoms with Gasteiger partial charge in [0.05, 0.1) is 18.5 Å². The zero-order valence-corrected chi connectivity index (χ0v) is 9.82. The maximum atomic E-state index is 7.83. The summed E-state index contributed by atoms with van der Waals surface area (Å²) in [6, 6.07) is 0.689. The lowest BCUT2D eigenvalue weighted by Gasteiger charge is -2.37. The molecule has 3 saturated heterocycles. The van der Waals surface area contributed by atoms with Gasteiger partial charge < -0.3 is 9.64 Å². The first-order valence-corrected chi connectivity index (χ1v) is 6.51. The molecule has 0 radical (unpaired) electrons. The molecule has 0 aromatic heterocycles. The fourth-order valence-electron chi connectivity index (χ4n) is 3.17. The van der Waals surface area contributed by atoms with Crippen molar-refractivity contribution in [2.75, 3.05) is 32.8 Å². The van der Waals surface area contributed by atoms with Gasteiger partial charge in [0.25, 0.3) is 0 Å². The molecule has 0 aromatic carbocycles. The highest BCUT2D eigenvalue weighted by Gasteiger charge is 2.33. The smallest absolute Gasteiger partial charge is 0.0959 e. The fourth-order valence-corrected chi connectivity index (χ4v) is 3.17. The largest absolute Gasteiger partial charge is 0.373 e. The lowest BCUT2D eigenvalue weighted by atomic mass is 10.2. The van der Waals surface area contributed by atoms with Crippen molar-refractivity contribution in [1.29, 1.82) is 5.41 Å². The minimum Gasteiger partial charge on any atom is -0.373 e. The molecule has 4 nitrogen and oxygen atoms in total. The minimum absolute atomic E-state index is 0.327. The first-order valence-electron chi connectivity index (χ1n) is 6.51. The van der Waals surface area contributed by atoms with Crippen LogP contribution in [0.15, 0.2) is 0 Å². The van der Waals surface area contributed by atoms with Crippen molar-refractivity contribution in [1.82, 2.24) is 9.80 Å². The SMILES string of the molecule is N=C1CCCN1CC1CN2CCCC2CO1. The predicted molar refractivity (Wildman–Crippen MR) is 62.9 cm³/mol. The Hall–Kier alpha value is -0.610. The quantitative estimate of drug-likeness (QED) is 0.757. The zero-order chi connectivity index (χ0) is 11.0. The molecule has 0 aromatic rings. The molecule has 0 saturated carbocycles. The Morgan fingerprint density at radius 3 is 3.06 bits per heavy atom. The maximum Gasteiger partial charge on any atom is 0.0959 e. The zero-order valence-electron chi connectivity index (χ0n) is 9.82. The standard InChI is InChI=1S/C12H21N3O/c13-12-4-2-6-15(12)8-11-7-14-5-1-3-10(14)9-16-11/h10-11,13H,1-9H2. The van der Waals surface area contributed by atoms with Crippen LogP contribution in [0.4, 0.5) is 0 Å². The summed E-state index contributed by atoms with van der Waals surface area (Å²) in [5.41, 5.74) is 0. The van der Waals surface area contributed by atoms with Gasteiger partial charge in [-0.1, -0.05) is 0 Å². The molecule has 0 bridgehead atoms. The second kappa shape index (κ2) is 4.34. The Morgan fingerprint density at radius 1 is 1.31 bits per heavy atom. The van der Waals surface area contributed by atoms with Gasteiger partial charge in [0.15, 0.2) is 0 Å². The van der Waals surface area contributed by atoms with E-state index >= 15 is 0 Å². The highest BCUT2D eigenvalue weighted by atomic mass is 16.5. The van der Waals surface area contributed by atoms with Crippen molar-refractivity contribution in [3.63, 3.8) is 0 Å². The molecule has 0 aliphatic carbocycles. The number of hydrogen-bond donors (Lipinski definition) is 1. The molecule has 4 heteroatoms. The second-order valence-electron chi connectivity index (χ2n) is 5.24. The van der Waals surface area contributed by atoms with Crippen LogP contribution >= 0.6 is 0 Å². The van der Waals surface area contributed by atoms with E-state index < -0.39 is 0 Å². The van der Waals surface area contributed by atoms with Crippen LogP contribution in [0, 0.1) is 5.41 Å². The number of amidine groups is 1. The van der Waals surface area contributed by atoms with Crippen LogP contribution < -0.4 is 0 Å². The summed E-state index contributed by atoms with van der Waals surface area (Å²) < 4.78 is 5.92. The van der Waals surface area contributed by atoms with Crippen molar-refractivity contribution in [3.05, 3.63) is 0 Å². The van der Waals surface area contributed by atoms with Gasteiger partial charge in [-0.05, 0) is 25.8 Å². The number of nitrogens with zero attached hydrogens (tertiary/aromatic N) is 2. The summed E-state index contributed by atoms with van der Waals surface area (Å²) in [4.78, 5) is 4.77. The van der Waals surface area contributed by atoms with Crippen LogP contribution in [0.1, 0.15) is 25.7 Å². The van der Waals surface area contributed by atoms with E-state index in [2.05, 4.69) is 9.80 Å². The van der Waals surface area contributed by atoms with E-state index in [0.717, 1.165) is 44.9 Å². The minimum atomic E-state index is 0.327. The molecule has 3 rings (SSSR count). The predicted octanol–water partition coefficient (Wildman–Crippen LogP) is 0.923. The number of fused-ring (bicyclic) bond motifs is 1. The average Bonchev–Trinajstić information content (AvgIpc) is 2.88. The third kappa shape index (κ3) is 1.96. The first kappa shape index (κ1) is 10.5. The topological polar surface area (TPSA) is 39.6 Å². The third-order valence-corrected chi connectivity index (χ3v) is 4.11. The van der Waals surface area contributed by atoms with E-state index in [9.17, 15) is 0 Å². The molecule has 3 aliphatic rings. The fraction of sp³-hybridized carbons (Fsp3) is 0.917. The summed E-state index contributed by atoms with van der Waals surface area (Å²) >= 11 is 0. The van der Waals surface area contributed by atoms with Gasteiger partial charge in [-0.25, -0.2) is 0 Å². The number of hydrogen-bond acceptors (Lipinski definition) is 3. The van der Waals surface area contributed by atoms with Gasteiger partial charge in [0, 0.05) is 32.1 Å². The van der Waals surface area contributed by atoms with Crippen molar-refractivity contribution in [2.24, 2.45) is 0 Å². The van der Waals surface area contributed by atoms with E-state index in [1.165, 1.54) is 19.4 Å². The van der Waals surface area contributed by atoms with Crippen molar-refractivity contribution < 1.29 is 4.74 Å². The highest BCUT2D eigenvalue weighted by molar-refractivity contribution is 5.80. The van der Waals surface area contributed by atoms with Crippen molar-refractivity contribution in [2.45, 2.75) is 37.8 Å². The normalized spacial score (nSPS) is 35.8. The lowest BCUT2D eigenvalue weighted by Crippen LogP contribution is -2.50. The van der Waals surface area contributed by atoms with Gasteiger partial charge in [-0.2, -0.15) is 0 Å². The Morgan fingerprint density at radius 2 is 2.25 bits per heavy atom. The van der Waals surface area contributed by atoms with Gasteiger partial charge in [0.2, 0.25) is 0 Å². The first-order chi connectivity index (χ1) is 7.83. The van der Waals surface area contributed by atoms with E-state index in [1.807, 2.05) is 0 Å². The van der Waals surface area contributed by atoms with Crippen LogP contribution in [0.5, 0.6) is 0 Å². The number of likely N-dealkylation sites (tertiary alicyclic amines) is 1. The number of morpholine rings is 1. The molecule has 2 atom stereocenters. The van der Waals surface area contributed by atoms with E-state index in [4.69, 9.17) is 10.1 Å². The lowest BCUT2D eigenvalue weighted by molar-refractivity contribution is -0.0544. The molecule has 90 valence electrons. The summed E-state index contributed by atoms with van der Waals surface area (Å²) in [7, 11) is 0. The molecule has 1 N–H and O–H groups in total. The van der Waals surface area contributed by atoms with E-state index in [-0.39, 0.29) is 0 Å². The van der Waals surface area contributed by atoms with Crippen LogP contribution in [0.25, 0.3) is 0 Å². The molecule has 2 unspecified atom stereocenters. The van der Waals surface area contributed by atoms with Crippen LogP contribution in [-0.4, -0.2) is 60.6 Å². The monoisotopic (exact) mass is 223 g/mol. The van der Waals surface area contributed by atoms with E-state index in [0.29, 0.717) is 12.1 Å². The van der Waals surface area contributed by atoms with Gasteiger partial charge in [-0.15, -0.1) is 0 Å². The van der Waals surface area contributed by atoms with Crippen LogP contribution in [-0.2, 0) is 4.74 Å². The third-order valence-electron chi connectivity index (χ3n) is 4.11. The molecular formula is C12H21N3O. The van der Waals surface area contributed by atoms with Gasteiger partial charge in [0.1, 0.15) is 0 Å². The summed E-state index contributed by atoms with van der Waals surface area (Å²) in [5.74, 6) is 0.812. The van der Waals surface area contributed by atoms with Crippen LogP contribution in [0.2, 0.25) is 0 Å². The molecule has 3 heterocycles. The Kier molecular flexibility index (Phi) is 2.86. The molecule has 3 fully saturated rings. The van der Waals surface area contributed by atoms with Crippen molar-refractivity contribution in [3.8, 4) is 0 Å². The summed E-state index contributed by atoms with van der Waals surface area (Å²) in [5, 5.41) is 7.83. The Bertz CT molecular complexity index is 281. The molecule has 0 spiro atoms. The van der Waals surface area contributed by atoms with Gasteiger partial charge >= 0.3 is 0 Å². The second-order valence-corrected chi connectivity index (χ2v) is 5.24. The molecular weight excluding hydrogens is 202 g/mol. The molecule has 16 heavy (non-hydrogen) atoms. The Balaban J connectivity index is 1.54. The average molecular weight is 223 g/mol. The number of nitrogens with one attached hydrogen (secondary N) is 1. The molecule has 3 aliphatic heterocycles. The highest BCUT2D eigenvalue weighted by Crippen LogP contribution is 2.23. The van der Waals surface area contributed by atoms with Crippen LogP contribution in [0.3, 0.4) is 0 Å². The summed E-state index contributed by atoms with van der Waals surface area (Å²) in [6.45, 7) is 5.23. The molecule has 0 amide bonds. The Labute approximate surface area is 97.1 Å². The number of ether oxygens (including phenoxy) is 1. The number of rotatable bonds is 2. The maximum absolute atomic E-state index is 7.83. The van der Waals surface area contributed by atoms with Crippen molar-refractivity contribution >= 4 is 5.84 Å².